The van der Waals surface area contributed by atoms with Crippen molar-refractivity contribution in [3.8, 4) is 39.1 Å². The highest BCUT2D eigenvalue weighted by molar-refractivity contribution is 6.09. The number of para-hydroxylation sites is 2. The maximum atomic E-state index is 5.32. The maximum Gasteiger partial charge on any atom is 0.134 e. The van der Waals surface area contributed by atoms with E-state index in [4.69, 9.17) is 4.99 Å². The summed E-state index contributed by atoms with van der Waals surface area (Å²) in [6.07, 6.45) is 2.25. The summed E-state index contributed by atoms with van der Waals surface area (Å²) in [6.45, 7) is 0. The van der Waals surface area contributed by atoms with Gasteiger partial charge in [-0.2, -0.15) is 0 Å². The van der Waals surface area contributed by atoms with Gasteiger partial charge < -0.3 is 9.88 Å². The minimum atomic E-state index is -0.0774. The molecule has 0 aliphatic carbocycles. The van der Waals surface area contributed by atoms with Gasteiger partial charge in [0.1, 0.15) is 5.84 Å². The summed E-state index contributed by atoms with van der Waals surface area (Å²) in [5, 5.41) is 6.31. The zero-order chi connectivity index (χ0) is 36.6. The molecule has 1 aliphatic rings. The summed E-state index contributed by atoms with van der Waals surface area (Å²) < 4.78 is 2.36. The van der Waals surface area contributed by atoms with Gasteiger partial charge in [-0.25, -0.2) is 4.99 Å². The minimum absolute atomic E-state index is 0.0774. The first kappa shape index (κ1) is 32.4. The molecule has 1 N–H and O–H groups in total. The van der Waals surface area contributed by atoms with Gasteiger partial charge in [-0.15, -0.1) is 0 Å². The Balaban J connectivity index is 1.04. The Kier molecular flexibility index (Phi) is 8.23. The first-order chi connectivity index (χ1) is 27.2. The molecule has 3 heteroatoms. The molecule has 3 nitrogen and oxygen atoms in total. The normalized spacial score (nSPS) is 14.0. The summed E-state index contributed by atoms with van der Waals surface area (Å²) in [5.74, 6) is 0.844. The van der Waals surface area contributed by atoms with Crippen molar-refractivity contribution in [2.45, 2.75) is 6.04 Å². The Morgan fingerprint density at radius 2 is 0.855 bits per heavy atom. The summed E-state index contributed by atoms with van der Waals surface area (Å²) in [5.41, 5.74) is 14.9. The van der Waals surface area contributed by atoms with E-state index in [9.17, 15) is 0 Å². The number of aromatic nitrogens is 1. The third kappa shape index (κ3) is 6.22. The van der Waals surface area contributed by atoms with Crippen molar-refractivity contribution >= 4 is 33.3 Å². The Morgan fingerprint density at radius 1 is 0.382 bits per heavy atom. The molecule has 0 spiro atoms. The van der Waals surface area contributed by atoms with Gasteiger partial charge in [-0.3, -0.25) is 0 Å². The molecule has 2 heterocycles. The molecule has 0 saturated carbocycles. The van der Waals surface area contributed by atoms with Crippen LogP contribution in [0.15, 0.2) is 217 Å². The lowest BCUT2D eigenvalue weighted by atomic mass is 9.96. The third-order valence-electron chi connectivity index (χ3n) is 10.7. The van der Waals surface area contributed by atoms with E-state index in [1.54, 1.807) is 0 Å². The number of aliphatic imine (C=N–C) groups is 1. The highest BCUT2D eigenvalue weighted by Gasteiger charge is 2.21. The van der Waals surface area contributed by atoms with Crippen LogP contribution >= 0.6 is 0 Å². The van der Waals surface area contributed by atoms with E-state index in [0.29, 0.717) is 0 Å². The van der Waals surface area contributed by atoms with Crippen LogP contribution in [0.2, 0.25) is 0 Å². The number of rotatable bonds is 7. The first-order valence-corrected chi connectivity index (χ1v) is 18.8. The summed E-state index contributed by atoms with van der Waals surface area (Å²) in [6, 6.07) is 73.5. The molecule has 0 bridgehead atoms. The molecule has 0 fully saturated rings. The van der Waals surface area contributed by atoms with E-state index in [0.717, 1.165) is 28.3 Å². The Hall–Kier alpha value is -7.23. The van der Waals surface area contributed by atoms with Gasteiger partial charge in [0.15, 0.2) is 0 Å². The molecular weight excluding hydrogens is 667 g/mol. The number of hydrogen-bond acceptors (Lipinski definition) is 2. The van der Waals surface area contributed by atoms with Crippen LogP contribution in [-0.2, 0) is 0 Å². The van der Waals surface area contributed by atoms with Gasteiger partial charge in [0.05, 0.1) is 22.8 Å². The van der Waals surface area contributed by atoms with Gasteiger partial charge in [-0.1, -0.05) is 176 Å². The fraction of sp³-hybridized carbons (Fsp3) is 0.0192. The van der Waals surface area contributed by atoms with Gasteiger partial charge in [0.25, 0.3) is 0 Å². The van der Waals surface area contributed by atoms with E-state index in [1.165, 1.54) is 60.8 Å². The second kappa shape index (κ2) is 14.0. The summed E-state index contributed by atoms with van der Waals surface area (Å²) in [7, 11) is 0. The lowest BCUT2D eigenvalue weighted by Crippen LogP contribution is -2.31. The van der Waals surface area contributed by atoms with Crippen LogP contribution in [0.3, 0.4) is 0 Å². The quantitative estimate of drug-likeness (QED) is 0.176. The molecule has 1 aromatic heterocycles. The molecular formula is C52H37N3. The molecule has 1 atom stereocenters. The average molecular weight is 704 g/mol. The third-order valence-corrected chi connectivity index (χ3v) is 10.7. The zero-order valence-electron chi connectivity index (χ0n) is 30.2. The average Bonchev–Trinajstić information content (AvgIpc) is 3.61. The lowest BCUT2D eigenvalue weighted by Gasteiger charge is -2.25. The molecule has 0 amide bonds. The molecule has 10 rings (SSSR count). The van der Waals surface area contributed by atoms with Crippen LogP contribution in [0.1, 0.15) is 22.7 Å². The number of fused-ring (bicyclic) bond motifs is 3. The highest BCUT2D eigenvalue weighted by Crippen LogP contribution is 2.34. The number of benzene rings is 8. The predicted octanol–water partition coefficient (Wildman–Crippen LogP) is 12.9. The van der Waals surface area contributed by atoms with Crippen molar-refractivity contribution in [3.63, 3.8) is 0 Å². The number of nitrogens with one attached hydrogen (secondary N) is 1. The molecule has 8 aromatic carbocycles. The fourth-order valence-corrected chi connectivity index (χ4v) is 7.87. The fourth-order valence-electron chi connectivity index (χ4n) is 7.87. The van der Waals surface area contributed by atoms with E-state index in [-0.39, 0.29) is 6.04 Å². The van der Waals surface area contributed by atoms with E-state index >= 15 is 0 Å². The minimum Gasteiger partial charge on any atom is -0.359 e. The van der Waals surface area contributed by atoms with Crippen LogP contribution in [0, 0.1) is 0 Å². The van der Waals surface area contributed by atoms with Crippen LogP contribution in [0.25, 0.3) is 66.6 Å². The SMILES string of the molecule is C1=C(c2ccc(-c3cccc(-c4ccccc4)c3)cc2)N=C(c2cccc(-n3c4ccccc4c4ccccc43)c2)NC1c1ccc(-c2ccccc2)cc1. The van der Waals surface area contributed by atoms with Crippen molar-refractivity contribution in [3.05, 3.63) is 229 Å². The monoisotopic (exact) mass is 703 g/mol. The Bertz CT molecular complexity index is 2810. The molecule has 55 heavy (non-hydrogen) atoms. The molecule has 1 aliphatic heterocycles. The number of amidine groups is 1. The Labute approximate surface area is 321 Å². The van der Waals surface area contributed by atoms with Crippen molar-refractivity contribution in [2.75, 3.05) is 0 Å². The summed E-state index contributed by atoms with van der Waals surface area (Å²) in [4.78, 5) is 5.32. The molecule has 260 valence electrons. The smallest absolute Gasteiger partial charge is 0.134 e. The van der Waals surface area contributed by atoms with Crippen molar-refractivity contribution < 1.29 is 0 Å². The largest absolute Gasteiger partial charge is 0.359 e. The van der Waals surface area contributed by atoms with Crippen LogP contribution in [-0.4, -0.2) is 10.4 Å². The van der Waals surface area contributed by atoms with Crippen molar-refractivity contribution in [2.24, 2.45) is 4.99 Å². The molecule has 1 unspecified atom stereocenters. The topological polar surface area (TPSA) is 29.3 Å². The van der Waals surface area contributed by atoms with Crippen LogP contribution in [0.5, 0.6) is 0 Å². The van der Waals surface area contributed by atoms with Crippen LogP contribution < -0.4 is 5.32 Å². The van der Waals surface area contributed by atoms with Crippen molar-refractivity contribution in [1.82, 2.24) is 9.88 Å². The molecule has 9 aromatic rings. The van der Waals surface area contributed by atoms with Gasteiger partial charge in [0, 0.05) is 22.0 Å². The number of hydrogen-bond donors (Lipinski definition) is 1. The van der Waals surface area contributed by atoms with E-state index in [2.05, 4.69) is 222 Å². The van der Waals surface area contributed by atoms with E-state index in [1.807, 2.05) is 0 Å². The van der Waals surface area contributed by atoms with Crippen LogP contribution in [0.4, 0.5) is 0 Å². The van der Waals surface area contributed by atoms with E-state index < -0.39 is 0 Å². The lowest BCUT2D eigenvalue weighted by molar-refractivity contribution is 0.781. The Morgan fingerprint density at radius 3 is 1.51 bits per heavy atom. The molecule has 0 radical (unpaired) electrons. The highest BCUT2D eigenvalue weighted by atomic mass is 15.1. The summed E-state index contributed by atoms with van der Waals surface area (Å²) >= 11 is 0. The van der Waals surface area contributed by atoms with Gasteiger partial charge in [-0.05, 0) is 80.9 Å². The maximum absolute atomic E-state index is 5.32. The zero-order valence-corrected chi connectivity index (χ0v) is 30.2. The standard InChI is InChI=1S/C52H37N3/c1-3-13-36(14-4-1)38-25-29-40(30-26-38)48-35-49(41-31-27-39(28-32-41)43-18-11-17-42(33-43)37-15-5-2-6-16-37)54-52(53-48)44-19-12-20-45(34-44)55-50-23-9-7-21-46(50)47-22-8-10-24-51(47)55/h1-35,48H,(H,53,54). The second-order valence-corrected chi connectivity index (χ2v) is 14.1. The molecule has 0 saturated heterocycles. The van der Waals surface area contributed by atoms with Gasteiger partial charge in [0.2, 0.25) is 0 Å². The number of nitrogens with zero attached hydrogens (tertiary/aromatic N) is 2. The first-order valence-electron chi connectivity index (χ1n) is 18.8. The predicted molar refractivity (Wildman–Crippen MR) is 230 cm³/mol. The second-order valence-electron chi connectivity index (χ2n) is 14.1. The van der Waals surface area contributed by atoms with Crippen molar-refractivity contribution in [1.29, 1.82) is 0 Å². The van der Waals surface area contributed by atoms with Gasteiger partial charge >= 0.3 is 0 Å².